The van der Waals surface area contributed by atoms with Gasteiger partial charge >= 0.3 is 5.97 Å². The number of methoxy groups -OCH3 is 1. The highest BCUT2D eigenvalue weighted by Gasteiger charge is 2.09. The second-order valence-corrected chi connectivity index (χ2v) is 6.87. The summed E-state index contributed by atoms with van der Waals surface area (Å²) in [6.45, 7) is -0.374. The van der Waals surface area contributed by atoms with Gasteiger partial charge in [0.15, 0.2) is 6.61 Å². The zero-order valence-corrected chi connectivity index (χ0v) is 16.1. The number of thiophene rings is 1. The largest absolute Gasteiger partial charge is 0.495 e. The van der Waals surface area contributed by atoms with Crippen molar-refractivity contribution in [1.82, 2.24) is 0 Å². The van der Waals surface area contributed by atoms with Gasteiger partial charge in [-0.15, -0.1) is 11.3 Å². The number of amides is 1. The predicted molar refractivity (Wildman–Crippen MR) is 111 cm³/mol. The van der Waals surface area contributed by atoms with Crippen molar-refractivity contribution in [1.29, 1.82) is 0 Å². The Morgan fingerprint density at radius 3 is 2.54 bits per heavy atom. The van der Waals surface area contributed by atoms with Gasteiger partial charge in [0.05, 0.1) is 12.8 Å². The minimum atomic E-state index is -0.579. The van der Waals surface area contributed by atoms with E-state index in [-0.39, 0.29) is 6.61 Å². The van der Waals surface area contributed by atoms with E-state index in [4.69, 9.17) is 9.47 Å². The first-order valence-corrected chi connectivity index (χ1v) is 9.40. The Bertz CT molecular complexity index is 979. The standard InChI is InChI=1S/C22H19NO4S/c1-26-19-10-6-5-9-18(19)23-21(24)15-27-22(25)14-12-17-11-13-20(28-17)16-7-3-2-4-8-16/h2-14H,15H2,1H3,(H,23,24)/b14-12+. The van der Waals surface area contributed by atoms with E-state index in [0.717, 1.165) is 15.3 Å². The van der Waals surface area contributed by atoms with Gasteiger partial charge in [0.2, 0.25) is 0 Å². The molecular formula is C22H19NO4S. The number of esters is 1. The second-order valence-electron chi connectivity index (χ2n) is 5.76. The summed E-state index contributed by atoms with van der Waals surface area (Å²) in [7, 11) is 1.52. The maximum atomic E-state index is 12.0. The van der Waals surface area contributed by atoms with E-state index in [1.165, 1.54) is 13.2 Å². The average Bonchev–Trinajstić information content (AvgIpc) is 3.21. The minimum absolute atomic E-state index is 0.374. The van der Waals surface area contributed by atoms with Crippen LogP contribution in [0.2, 0.25) is 0 Å². The Hall–Kier alpha value is -3.38. The summed E-state index contributed by atoms with van der Waals surface area (Å²) in [6.07, 6.45) is 2.99. The van der Waals surface area contributed by atoms with Crippen LogP contribution in [0.15, 0.2) is 72.8 Å². The van der Waals surface area contributed by atoms with Crippen molar-refractivity contribution in [3.05, 3.63) is 77.7 Å². The minimum Gasteiger partial charge on any atom is -0.495 e. The first-order valence-electron chi connectivity index (χ1n) is 8.58. The van der Waals surface area contributed by atoms with Gasteiger partial charge in [-0.3, -0.25) is 4.79 Å². The Labute approximate surface area is 167 Å². The number of hydrogen-bond donors (Lipinski definition) is 1. The Kier molecular flexibility index (Phi) is 6.59. The fourth-order valence-electron chi connectivity index (χ4n) is 2.47. The van der Waals surface area contributed by atoms with Crippen LogP contribution in [0, 0.1) is 0 Å². The lowest BCUT2D eigenvalue weighted by molar-refractivity contribution is -0.142. The van der Waals surface area contributed by atoms with Crippen molar-refractivity contribution in [2.75, 3.05) is 19.0 Å². The molecule has 142 valence electrons. The molecule has 5 nitrogen and oxygen atoms in total. The highest BCUT2D eigenvalue weighted by molar-refractivity contribution is 7.16. The van der Waals surface area contributed by atoms with E-state index in [1.54, 1.807) is 41.7 Å². The molecule has 0 aliphatic carbocycles. The van der Waals surface area contributed by atoms with Crippen molar-refractivity contribution < 1.29 is 19.1 Å². The molecule has 1 N–H and O–H groups in total. The third-order valence-electron chi connectivity index (χ3n) is 3.80. The van der Waals surface area contributed by atoms with Crippen LogP contribution >= 0.6 is 11.3 Å². The van der Waals surface area contributed by atoms with Crippen molar-refractivity contribution >= 4 is 35.0 Å². The summed E-state index contributed by atoms with van der Waals surface area (Å²) in [5.74, 6) is -0.479. The van der Waals surface area contributed by atoms with Crippen LogP contribution in [0.1, 0.15) is 4.88 Å². The quantitative estimate of drug-likeness (QED) is 0.470. The van der Waals surface area contributed by atoms with Gasteiger partial charge in [0, 0.05) is 15.8 Å². The summed E-state index contributed by atoms with van der Waals surface area (Å²) >= 11 is 1.57. The molecule has 1 amide bonds. The lowest BCUT2D eigenvalue weighted by Crippen LogP contribution is -2.20. The molecule has 28 heavy (non-hydrogen) atoms. The number of para-hydroxylation sites is 2. The summed E-state index contributed by atoms with van der Waals surface area (Å²) in [4.78, 5) is 25.9. The second kappa shape index (κ2) is 9.53. The summed E-state index contributed by atoms with van der Waals surface area (Å²) in [5, 5.41) is 2.65. The zero-order chi connectivity index (χ0) is 19.8. The van der Waals surface area contributed by atoms with Crippen molar-refractivity contribution in [2.45, 2.75) is 0 Å². The van der Waals surface area contributed by atoms with Crippen LogP contribution in [-0.2, 0) is 14.3 Å². The van der Waals surface area contributed by atoms with E-state index in [1.807, 2.05) is 42.5 Å². The summed E-state index contributed by atoms with van der Waals surface area (Å²) in [6, 6.07) is 21.0. The average molecular weight is 393 g/mol. The molecule has 3 aromatic rings. The third-order valence-corrected chi connectivity index (χ3v) is 4.89. The lowest BCUT2D eigenvalue weighted by Gasteiger charge is -2.09. The smallest absolute Gasteiger partial charge is 0.331 e. The highest BCUT2D eigenvalue weighted by Crippen LogP contribution is 2.28. The third kappa shape index (κ3) is 5.31. The fourth-order valence-corrected chi connectivity index (χ4v) is 3.39. The molecule has 2 aromatic carbocycles. The molecule has 0 atom stereocenters. The molecule has 0 fully saturated rings. The van der Waals surface area contributed by atoms with E-state index < -0.39 is 11.9 Å². The Balaban J connectivity index is 1.50. The predicted octanol–water partition coefficient (Wildman–Crippen LogP) is 4.62. The molecule has 0 bridgehead atoms. The van der Waals surface area contributed by atoms with Gasteiger partial charge in [-0.1, -0.05) is 42.5 Å². The van der Waals surface area contributed by atoms with Crippen LogP contribution in [0.5, 0.6) is 5.75 Å². The molecule has 0 radical (unpaired) electrons. The number of benzene rings is 2. The van der Waals surface area contributed by atoms with Gasteiger partial charge in [-0.05, 0) is 35.9 Å². The van der Waals surface area contributed by atoms with Crippen LogP contribution in [0.3, 0.4) is 0 Å². The lowest BCUT2D eigenvalue weighted by atomic mass is 10.2. The van der Waals surface area contributed by atoms with Crippen molar-refractivity contribution in [3.8, 4) is 16.2 Å². The van der Waals surface area contributed by atoms with Gasteiger partial charge in [0.1, 0.15) is 5.75 Å². The molecule has 1 heterocycles. The van der Waals surface area contributed by atoms with E-state index in [9.17, 15) is 9.59 Å². The van der Waals surface area contributed by atoms with Gasteiger partial charge in [-0.2, -0.15) is 0 Å². The van der Waals surface area contributed by atoms with Crippen molar-refractivity contribution in [2.24, 2.45) is 0 Å². The monoisotopic (exact) mass is 393 g/mol. The molecule has 0 unspecified atom stereocenters. The molecule has 3 rings (SSSR count). The molecule has 0 saturated heterocycles. The molecule has 0 spiro atoms. The topological polar surface area (TPSA) is 64.6 Å². The van der Waals surface area contributed by atoms with Crippen LogP contribution in [-0.4, -0.2) is 25.6 Å². The molecule has 1 aromatic heterocycles. The van der Waals surface area contributed by atoms with Gasteiger partial charge in [0.25, 0.3) is 5.91 Å². The van der Waals surface area contributed by atoms with E-state index in [0.29, 0.717) is 11.4 Å². The summed E-state index contributed by atoms with van der Waals surface area (Å²) < 4.78 is 10.1. The van der Waals surface area contributed by atoms with E-state index >= 15 is 0 Å². The number of ether oxygens (including phenoxy) is 2. The molecular weight excluding hydrogens is 374 g/mol. The van der Waals surface area contributed by atoms with Crippen LogP contribution in [0.25, 0.3) is 16.5 Å². The highest BCUT2D eigenvalue weighted by atomic mass is 32.1. The van der Waals surface area contributed by atoms with Gasteiger partial charge in [-0.25, -0.2) is 4.79 Å². The number of carbonyl (C=O) groups excluding carboxylic acids is 2. The zero-order valence-electron chi connectivity index (χ0n) is 15.3. The summed E-state index contributed by atoms with van der Waals surface area (Å²) in [5.41, 5.74) is 1.65. The molecule has 0 aliphatic heterocycles. The fraction of sp³-hybridized carbons (Fsp3) is 0.0909. The molecule has 0 aliphatic rings. The van der Waals surface area contributed by atoms with E-state index in [2.05, 4.69) is 5.32 Å². The Morgan fingerprint density at radius 1 is 1.00 bits per heavy atom. The van der Waals surface area contributed by atoms with Crippen LogP contribution < -0.4 is 10.1 Å². The number of carbonyl (C=O) groups is 2. The number of nitrogens with one attached hydrogen (secondary N) is 1. The van der Waals surface area contributed by atoms with Crippen LogP contribution in [0.4, 0.5) is 5.69 Å². The number of anilines is 1. The maximum Gasteiger partial charge on any atom is 0.331 e. The number of rotatable bonds is 7. The van der Waals surface area contributed by atoms with Gasteiger partial charge < -0.3 is 14.8 Å². The first kappa shape index (κ1) is 19.4. The molecule has 6 heteroatoms. The SMILES string of the molecule is COc1ccccc1NC(=O)COC(=O)/C=C/c1ccc(-c2ccccc2)s1. The normalized spacial score (nSPS) is 10.6. The Morgan fingerprint density at radius 2 is 1.75 bits per heavy atom. The number of hydrogen-bond acceptors (Lipinski definition) is 5. The van der Waals surface area contributed by atoms with Crippen molar-refractivity contribution in [3.63, 3.8) is 0 Å². The molecule has 0 saturated carbocycles. The maximum absolute atomic E-state index is 12.0. The first-order chi connectivity index (χ1) is 13.7.